The largest absolute Gasteiger partial charge is 0.0853 e. The fourth-order valence-corrected chi connectivity index (χ4v) is 4.13. The van der Waals surface area contributed by atoms with Gasteiger partial charge in [-0.1, -0.05) is 136 Å². The minimum atomic E-state index is 0.859. The number of hydrogen-bond donors (Lipinski definition) is 0. The lowest BCUT2D eigenvalue weighted by molar-refractivity contribution is 0.551. The van der Waals surface area contributed by atoms with Crippen LogP contribution < -0.4 is 0 Å². The zero-order valence-corrected chi connectivity index (χ0v) is 20.5. The van der Waals surface area contributed by atoms with Crippen molar-refractivity contribution in [1.82, 2.24) is 0 Å². The van der Waals surface area contributed by atoms with Crippen molar-refractivity contribution in [2.24, 2.45) is 5.92 Å². The molecule has 0 aromatic heterocycles. The van der Waals surface area contributed by atoms with E-state index in [2.05, 4.69) is 33.8 Å². The van der Waals surface area contributed by atoms with Gasteiger partial charge < -0.3 is 0 Å². The molecule has 0 radical (unpaired) electrons. The summed E-state index contributed by atoms with van der Waals surface area (Å²) in [7, 11) is 0. The molecule has 0 aromatic carbocycles. The smallest absolute Gasteiger partial charge is 0.0320 e. The molecule has 0 bridgehead atoms. The maximum absolute atomic E-state index is 2.63. The third-order valence-electron chi connectivity index (χ3n) is 6.12. The van der Waals surface area contributed by atoms with Crippen molar-refractivity contribution in [3.05, 3.63) is 11.6 Å². The van der Waals surface area contributed by atoms with Crippen LogP contribution in [0.2, 0.25) is 0 Å². The van der Waals surface area contributed by atoms with Gasteiger partial charge in [0.25, 0.3) is 0 Å². The fraction of sp³-hybridized carbons (Fsp3) is 0.929. The topological polar surface area (TPSA) is 0 Å². The van der Waals surface area contributed by atoms with Crippen LogP contribution in [0.15, 0.2) is 11.6 Å². The number of unbranched alkanes of at least 4 members (excludes halogenated alkanes) is 15. The monoisotopic (exact) mass is 392 g/mol. The van der Waals surface area contributed by atoms with Crippen molar-refractivity contribution in [2.75, 3.05) is 0 Å². The number of rotatable bonds is 22. The first-order valence-corrected chi connectivity index (χ1v) is 13.4. The van der Waals surface area contributed by atoms with Crippen LogP contribution in [0.4, 0.5) is 0 Å². The van der Waals surface area contributed by atoms with Crippen molar-refractivity contribution in [2.45, 2.75) is 163 Å². The van der Waals surface area contributed by atoms with Gasteiger partial charge in [-0.2, -0.15) is 0 Å². The van der Waals surface area contributed by atoms with Crippen LogP contribution in [-0.4, -0.2) is 0 Å². The molecule has 0 saturated heterocycles. The van der Waals surface area contributed by atoms with Crippen LogP contribution in [0, 0.1) is 5.92 Å². The molecule has 0 aliphatic heterocycles. The van der Waals surface area contributed by atoms with Gasteiger partial charge in [-0.15, -0.1) is 0 Å². The van der Waals surface area contributed by atoms with E-state index in [0.29, 0.717) is 0 Å². The van der Waals surface area contributed by atoms with Gasteiger partial charge in [-0.25, -0.2) is 0 Å². The van der Waals surface area contributed by atoms with Gasteiger partial charge in [0.15, 0.2) is 0 Å². The van der Waals surface area contributed by atoms with Gasteiger partial charge >= 0.3 is 0 Å². The molecule has 168 valence electrons. The predicted octanol–water partition coefficient (Wildman–Crippen LogP) is 10.8. The summed E-state index contributed by atoms with van der Waals surface area (Å²) in [6.07, 6.45) is 32.5. The van der Waals surface area contributed by atoms with Gasteiger partial charge in [0.2, 0.25) is 0 Å². The molecule has 0 rings (SSSR count). The maximum atomic E-state index is 2.63. The van der Waals surface area contributed by atoms with E-state index < -0.39 is 0 Å². The summed E-state index contributed by atoms with van der Waals surface area (Å²) in [5.74, 6) is 0.859. The van der Waals surface area contributed by atoms with E-state index in [1.54, 1.807) is 5.57 Å². The summed E-state index contributed by atoms with van der Waals surface area (Å²) in [5.41, 5.74) is 1.79. The Labute approximate surface area is 180 Å². The lowest BCUT2D eigenvalue weighted by Gasteiger charge is -2.09. The van der Waals surface area contributed by atoms with E-state index in [0.717, 1.165) is 5.92 Å². The molecule has 0 saturated carbocycles. The average molecular weight is 393 g/mol. The highest BCUT2D eigenvalue weighted by Gasteiger charge is 2.01. The Hall–Kier alpha value is -0.260. The minimum Gasteiger partial charge on any atom is -0.0853 e. The first-order chi connectivity index (χ1) is 13.7. The molecular weight excluding hydrogens is 336 g/mol. The van der Waals surface area contributed by atoms with Crippen molar-refractivity contribution < 1.29 is 0 Å². The normalized spacial score (nSPS) is 11.3. The van der Waals surface area contributed by atoms with Gasteiger partial charge in [0.1, 0.15) is 0 Å². The minimum absolute atomic E-state index is 0.859. The Morgan fingerprint density at radius 1 is 0.536 bits per heavy atom. The summed E-state index contributed by atoms with van der Waals surface area (Å²) in [6.45, 7) is 9.32. The van der Waals surface area contributed by atoms with Crippen LogP contribution in [0.3, 0.4) is 0 Å². The molecule has 0 aliphatic rings. The third kappa shape index (κ3) is 22.0. The van der Waals surface area contributed by atoms with Crippen LogP contribution in [0.1, 0.15) is 163 Å². The van der Waals surface area contributed by atoms with Crippen molar-refractivity contribution >= 4 is 0 Å². The molecule has 0 heteroatoms. The molecule has 0 nitrogen and oxygen atoms in total. The van der Waals surface area contributed by atoms with Crippen LogP contribution in [-0.2, 0) is 0 Å². The molecule has 0 N–H and O–H groups in total. The molecule has 0 aromatic rings. The molecule has 0 aliphatic carbocycles. The van der Waals surface area contributed by atoms with Crippen molar-refractivity contribution in [3.8, 4) is 0 Å². The molecule has 0 amide bonds. The van der Waals surface area contributed by atoms with Crippen molar-refractivity contribution in [1.29, 1.82) is 0 Å². The van der Waals surface area contributed by atoms with Gasteiger partial charge in [0, 0.05) is 0 Å². The highest BCUT2D eigenvalue weighted by Crippen LogP contribution is 2.20. The van der Waals surface area contributed by atoms with E-state index in [-0.39, 0.29) is 0 Å². The molecular formula is C28H56. The molecule has 28 heavy (non-hydrogen) atoms. The van der Waals surface area contributed by atoms with Crippen LogP contribution in [0.25, 0.3) is 0 Å². The first kappa shape index (κ1) is 27.7. The Bertz CT molecular complexity index is 290. The van der Waals surface area contributed by atoms with E-state index in [1.807, 2.05) is 0 Å². The zero-order chi connectivity index (χ0) is 20.7. The van der Waals surface area contributed by atoms with E-state index >= 15 is 0 Å². The van der Waals surface area contributed by atoms with Gasteiger partial charge in [-0.05, 0) is 44.4 Å². The SMILES string of the molecule is CCCCCCCCCCC(=CCCCC(C)C)CCCCCCCCCC. The predicted molar refractivity (Wildman–Crippen MR) is 131 cm³/mol. The average Bonchev–Trinajstić information content (AvgIpc) is 2.68. The Morgan fingerprint density at radius 3 is 1.32 bits per heavy atom. The maximum Gasteiger partial charge on any atom is -0.0320 e. The third-order valence-corrected chi connectivity index (χ3v) is 6.12. The highest BCUT2D eigenvalue weighted by atomic mass is 14.1. The second kappa shape index (κ2) is 23.0. The fourth-order valence-electron chi connectivity index (χ4n) is 4.13. The molecule has 0 atom stereocenters. The lowest BCUT2D eigenvalue weighted by atomic mass is 9.97. The van der Waals surface area contributed by atoms with E-state index in [9.17, 15) is 0 Å². The van der Waals surface area contributed by atoms with Crippen molar-refractivity contribution in [3.63, 3.8) is 0 Å². The second-order valence-electron chi connectivity index (χ2n) is 9.64. The van der Waals surface area contributed by atoms with E-state index in [4.69, 9.17) is 0 Å². The summed E-state index contributed by atoms with van der Waals surface area (Å²) >= 11 is 0. The molecule has 0 fully saturated rings. The summed E-state index contributed by atoms with van der Waals surface area (Å²) in [6, 6.07) is 0. The van der Waals surface area contributed by atoms with Gasteiger partial charge in [-0.3, -0.25) is 0 Å². The standard InChI is InChI=1S/C28H56/c1-5-7-9-11-13-15-17-19-24-28(26-22-21-23-27(3)4)25-20-18-16-14-12-10-8-6-2/h26-27H,5-25H2,1-4H3. The Kier molecular flexibility index (Phi) is 22.8. The van der Waals surface area contributed by atoms with Crippen LogP contribution in [0.5, 0.6) is 0 Å². The van der Waals surface area contributed by atoms with Gasteiger partial charge in [0.05, 0.1) is 0 Å². The quantitative estimate of drug-likeness (QED) is 0.127. The lowest BCUT2D eigenvalue weighted by Crippen LogP contribution is -1.90. The highest BCUT2D eigenvalue weighted by molar-refractivity contribution is 5.02. The number of allylic oxidation sites excluding steroid dienone is 2. The number of hydrogen-bond acceptors (Lipinski definition) is 0. The van der Waals surface area contributed by atoms with E-state index in [1.165, 1.54) is 135 Å². The summed E-state index contributed by atoms with van der Waals surface area (Å²) in [4.78, 5) is 0. The Morgan fingerprint density at radius 2 is 0.929 bits per heavy atom. The second-order valence-corrected chi connectivity index (χ2v) is 9.64. The summed E-state index contributed by atoms with van der Waals surface area (Å²) < 4.78 is 0. The first-order valence-electron chi connectivity index (χ1n) is 13.4. The molecule has 0 spiro atoms. The Balaban J connectivity index is 3.89. The summed E-state index contributed by atoms with van der Waals surface area (Å²) in [5, 5.41) is 0. The molecule has 0 heterocycles. The zero-order valence-electron chi connectivity index (χ0n) is 20.5. The van der Waals surface area contributed by atoms with Crippen LogP contribution >= 0.6 is 0 Å². The molecule has 0 unspecified atom stereocenters.